The first-order valence-corrected chi connectivity index (χ1v) is 13.7. The van der Waals surface area contributed by atoms with Gasteiger partial charge in [0.15, 0.2) is 6.61 Å². The molecular formula is C26H29B2F15O5. The monoisotopic (exact) mass is 728 g/mol. The van der Waals surface area contributed by atoms with E-state index in [1.54, 1.807) is 55.4 Å². The van der Waals surface area contributed by atoms with E-state index < -0.39 is 90.7 Å². The highest BCUT2D eigenvalue weighted by molar-refractivity contribution is 6.66. The van der Waals surface area contributed by atoms with Crippen LogP contribution in [0.1, 0.15) is 55.4 Å². The number of hydrogen-bond donors (Lipinski definition) is 0. The second kappa shape index (κ2) is 11.2. The molecule has 0 atom stereocenters. The third-order valence-electron chi connectivity index (χ3n) is 8.81. The summed E-state index contributed by atoms with van der Waals surface area (Å²) >= 11 is 0. The number of ether oxygens (including phenoxy) is 1. The maximum Gasteiger partial charge on any atom is 0.494 e. The van der Waals surface area contributed by atoms with E-state index in [1.165, 1.54) is 6.07 Å². The van der Waals surface area contributed by atoms with Gasteiger partial charge in [0.1, 0.15) is 5.75 Å². The molecule has 274 valence electrons. The summed E-state index contributed by atoms with van der Waals surface area (Å²) in [5.41, 5.74) is -4.24. The van der Waals surface area contributed by atoms with E-state index in [9.17, 15) is 65.9 Å². The Morgan fingerprint density at radius 3 is 1.08 bits per heavy atom. The van der Waals surface area contributed by atoms with Crippen LogP contribution in [0.15, 0.2) is 18.2 Å². The van der Waals surface area contributed by atoms with Crippen LogP contribution in [0.4, 0.5) is 65.9 Å². The lowest BCUT2D eigenvalue weighted by atomic mass is 9.71. The lowest BCUT2D eigenvalue weighted by Gasteiger charge is -2.41. The third-order valence-corrected chi connectivity index (χ3v) is 8.81. The number of benzene rings is 1. The maximum absolute atomic E-state index is 14.6. The second-order valence-corrected chi connectivity index (χ2v) is 13.4. The molecule has 0 aromatic heterocycles. The summed E-state index contributed by atoms with van der Waals surface area (Å²) in [5, 5.41) is 0. The van der Waals surface area contributed by atoms with Crippen molar-refractivity contribution in [3.63, 3.8) is 0 Å². The molecule has 2 aliphatic rings. The average molecular weight is 728 g/mol. The van der Waals surface area contributed by atoms with E-state index in [1.807, 2.05) is 0 Å². The van der Waals surface area contributed by atoms with Crippen LogP contribution in [0.2, 0.25) is 0 Å². The van der Waals surface area contributed by atoms with Gasteiger partial charge in [-0.1, -0.05) is 6.07 Å². The van der Waals surface area contributed by atoms with Gasteiger partial charge in [-0.05, 0) is 78.4 Å². The van der Waals surface area contributed by atoms with Crippen LogP contribution in [0.25, 0.3) is 0 Å². The molecule has 2 saturated heterocycles. The molecule has 0 spiro atoms. The van der Waals surface area contributed by atoms with Crippen LogP contribution in [0.3, 0.4) is 0 Å². The average Bonchev–Trinajstić information content (AvgIpc) is 3.25. The van der Waals surface area contributed by atoms with Crippen molar-refractivity contribution in [2.24, 2.45) is 0 Å². The van der Waals surface area contributed by atoms with Gasteiger partial charge in [0.05, 0.1) is 22.4 Å². The quantitative estimate of drug-likeness (QED) is 0.191. The molecule has 22 heteroatoms. The van der Waals surface area contributed by atoms with Gasteiger partial charge in [0.25, 0.3) is 0 Å². The fourth-order valence-corrected chi connectivity index (χ4v) is 4.22. The number of hydrogen-bond acceptors (Lipinski definition) is 5. The fraction of sp³-hybridized carbons (Fsp3) is 0.769. The minimum Gasteiger partial charge on any atom is -0.487 e. The van der Waals surface area contributed by atoms with Gasteiger partial charge >= 0.3 is 55.9 Å². The number of alkyl halides is 15. The van der Waals surface area contributed by atoms with Crippen LogP contribution in [-0.4, -0.2) is 85.0 Å². The zero-order valence-corrected chi connectivity index (χ0v) is 26.3. The van der Waals surface area contributed by atoms with Crippen molar-refractivity contribution < 1.29 is 89.2 Å². The minimum atomic E-state index is -8.40. The van der Waals surface area contributed by atoms with Crippen LogP contribution >= 0.6 is 0 Å². The molecule has 1 aromatic carbocycles. The van der Waals surface area contributed by atoms with Crippen LogP contribution < -0.4 is 15.7 Å². The molecule has 0 radical (unpaired) electrons. The topological polar surface area (TPSA) is 46.2 Å². The van der Waals surface area contributed by atoms with Gasteiger partial charge < -0.3 is 23.4 Å². The first kappa shape index (κ1) is 40.4. The van der Waals surface area contributed by atoms with Gasteiger partial charge in [-0.3, -0.25) is 0 Å². The lowest BCUT2D eigenvalue weighted by Crippen LogP contribution is -2.73. The van der Waals surface area contributed by atoms with Crippen molar-refractivity contribution in [1.82, 2.24) is 0 Å². The summed E-state index contributed by atoms with van der Waals surface area (Å²) in [7, 11) is -2.66. The molecule has 0 N–H and O–H groups in total. The van der Waals surface area contributed by atoms with E-state index >= 15 is 0 Å². The van der Waals surface area contributed by atoms with Crippen LogP contribution in [-0.2, 0) is 18.6 Å². The molecule has 0 amide bonds. The first-order valence-electron chi connectivity index (χ1n) is 13.7. The van der Waals surface area contributed by atoms with Gasteiger partial charge in [0.2, 0.25) is 0 Å². The SMILES string of the molecule is CC1(C)OB(c2cc(OCC(F)(F)C(F)(F)C(F)(F)C(F)(F)C(F)(F)C(F)(F)C(F)(F)F)cc(B3OC(C)(C)C(C)(C)O3)c2)OC1(C)C. The van der Waals surface area contributed by atoms with Gasteiger partial charge in [-0.25, -0.2) is 0 Å². The Kier molecular flexibility index (Phi) is 9.44. The Balaban J connectivity index is 2.02. The Bertz CT molecular complexity index is 1290. The normalized spacial score (nSPS) is 22.0. The number of halogens is 15. The molecule has 48 heavy (non-hydrogen) atoms. The molecule has 3 rings (SSSR count). The zero-order valence-electron chi connectivity index (χ0n) is 26.3. The maximum atomic E-state index is 14.6. The molecule has 0 bridgehead atoms. The van der Waals surface area contributed by atoms with E-state index in [0.717, 1.165) is 12.1 Å². The van der Waals surface area contributed by atoms with E-state index in [2.05, 4.69) is 4.74 Å². The predicted octanol–water partition coefficient (Wildman–Crippen LogP) is 7.04. The summed E-state index contributed by atoms with van der Waals surface area (Å²) < 4.78 is 232. The molecule has 2 heterocycles. The van der Waals surface area contributed by atoms with Gasteiger partial charge in [-0.15, -0.1) is 0 Å². The summed E-state index contributed by atoms with van der Waals surface area (Å²) in [5.74, 6) is -48.2. The molecule has 1 aromatic rings. The van der Waals surface area contributed by atoms with Crippen LogP contribution in [0.5, 0.6) is 5.75 Å². The smallest absolute Gasteiger partial charge is 0.487 e. The van der Waals surface area contributed by atoms with Crippen molar-refractivity contribution in [3.05, 3.63) is 18.2 Å². The summed E-state index contributed by atoms with van der Waals surface area (Å²) in [4.78, 5) is 0. The van der Waals surface area contributed by atoms with E-state index in [-0.39, 0.29) is 10.9 Å². The van der Waals surface area contributed by atoms with Crippen molar-refractivity contribution in [1.29, 1.82) is 0 Å². The lowest BCUT2D eigenvalue weighted by molar-refractivity contribution is -0.453. The fourth-order valence-electron chi connectivity index (χ4n) is 4.22. The third kappa shape index (κ3) is 6.03. The van der Waals surface area contributed by atoms with Crippen LogP contribution in [0, 0.1) is 0 Å². The zero-order chi connectivity index (χ0) is 37.8. The Hall–Kier alpha value is -2.06. The molecule has 0 aliphatic carbocycles. The molecule has 2 fully saturated rings. The number of rotatable bonds is 10. The largest absolute Gasteiger partial charge is 0.494 e. The first-order chi connectivity index (χ1) is 20.9. The highest BCUT2D eigenvalue weighted by Crippen LogP contribution is 2.62. The van der Waals surface area contributed by atoms with Crippen molar-refractivity contribution in [2.45, 2.75) is 120 Å². The molecule has 5 nitrogen and oxygen atoms in total. The van der Waals surface area contributed by atoms with Crippen molar-refractivity contribution in [3.8, 4) is 5.75 Å². The standard InChI is InChI=1S/C26H29B2F15O5/c1-16(2)17(3,4)46-27(45-16)13-9-14(28-47-18(5,6)19(7,8)48-28)11-15(10-13)44-12-20(29,30)21(31,32)22(33,34)23(35,36)24(37,38)25(39,40)26(41,42)43/h9-11H,12H2,1-8H3. The Labute approximate surface area is 265 Å². The minimum absolute atomic E-state index is 0.0863. The van der Waals surface area contributed by atoms with Gasteiger partial charge in [-0.2, -0.15) is 65.9 Å². The molecule has 0 saturated carbocycles. The highest BCUT2D eigenvalue weighted by atomic mass is 19.4. The van der Waals surface area contributed by atoms with E-state index in [0.29, 0.717) is 0 Å². The van der Waals surface area contributed by atoms with E-state index in [4.69, 9.17) is 18.6 Å². The summed E-state index contributed by atoms with van der Waals surface area (Å²) in [6.45, 7) is 9.84. The van der Waals surface area contributed by atoms with Gasteiger partial charge in [0, 0.05) is 0 Å². The Morgan fingerprint density at radius 2 is 0.771 bits per heavy atom. The summed E-state index contributed by atoms with van der Waals surface area (Å²) in [6.07, 6.45) is -7.69. The second-order valence-electron chi connectivity index (χ2n) is 13.4. The predicted molar refractivity (Wildman–Crippen MR) is 139 cm³/mol. The highest BCUT2D eigenvalue weighted by Gasteiger charge is 2.93. The summed E-state index contributed by atoms with van der Waals surface area (Å²) in [6, 6.07) is 2.92. The molecular weight excluding hydrogens is 699 g/mol. The Morgan fingerprint density at radius 1 is 0.479 bits per heavy atom. The molecule has 2 aliphatic heterocycles. The van der Waals surface area contributed by atoms with Crippen molar-refractivity contribution >= 4 is 25.2 Å². The van der Waals surface area contributed by atoms with Crippen molar-refractivity contribution in [2.75, 3.05) is 6.61 Å². The molecule has 0 unspecified atom stereocenters.